The maximum absolute atomic E-state index is 4.74. The van der Waals surface area contributed by atoms with Crippen LogP contribution in [0.25, 0.3) is 0 Å². The first kappa shape index (κ1) is 10.5. The van der Waals surface area contributed by atoms with E-state index in [2.05, 4.69) is 25.0 Å². The summed E-state index contributed by atoms with van der Waals surface area (Å²) in [7, 11) is 0. The summed E-state index contributed by atoms with van der Waals surface area (Å²) < 4.78 is 6.82. The Kier molecular flexibility index (Phi) is 2.87. The van der Waals surface area contributed by atoms with E-state index in [4.69, 9.17) is 4.52 Å². The van der Waals surface area contributed by atoms with Crippen molar-refractivity contribution in [3.05, 3.63) is 30.4 Å². The first-order valence-electron chi connectivity index (χ1n) is 5.92. The van der Waals surface area contributed by atoms with Gasteiger partial charge in [-0.15, -0.1) is 0 Å². The average molecular weight is 233 g/mol. The van der Waals surface area contributed by atoms with Crippen molar-refractivity contribution in [2.24, 2.45) is 0 Å². The Bertz CT molecular complexity index is 458. The van der Waals surface area contributed by atoms with Crippen molar-refractivity contribution in [3.8, 4) is 0 Å². The minimum atomic E-state index is 0.401. The summed E-state index contributed by atoms with van der Waals surface area (Å²) in [4.78, 5) is 8.25. The molecule has 0 aromatic carbocycles. The van der Waals surface area contributed by atoms with Crippen LogP contribution in [0.1, 0.15) is 36.8 Å². The molecule has 3 rings (SSSR count). The van der Waals surface area contributed by atoms with Gasteiger partial charge in [0.2, 0.25) is 6.39 Å². The molecule has 1 unspecified atom stereocenters. The minimum absolute atomic E-state index is 0.401. The summed E-state index contributed by atoms with van der Waals surface area (Å²) in [5.41, 5.74) is 1.20. The Morgan fingerprint density at radius 2 is 2.47 bits per heavy atom. The number of hydrogen-bond donors (Lipinski definition) is 1. The van der Waals surface area contributed by atoms with E-state index in [1.165, 1.54) is 24.9 Å². The second-order valence-electron chi connectivity index (χ2n) is 4.30. The van der Waals surface area contributed by atoms with Crippen LogP contribution in [0.4, 0.5) is 0 Å². The van der Waals surface area contributed by atoms with Gasteiger partial charge >= 0.3 is 0 Å². The summed E-state index contributed by atoms with van der Waals surface area (Å²) in [5.74, 6) is 0.681. The van der Waals surface area contributed by atoms with E-state index in [1.54, 1.807) is 0 Å². The molecular formula is C11H15N5O. The van der Waals surface area contributed by atoms with Gasteiger partial charge in [0.25, 0.3) is 0 Å². The van der Waals surface area contributed by atoms with Crippen molar-refractivity contribution in [1.82, 2.24) is 25.0 Å². The van der Waals surface area contributed by atoms with Crippen molar-refractivity contribution in [2.45, 2.75) is 31.8 Å². The standard InChI is InChI=1S/C11H15N5O/c1-2-4-13-9(3-1)10-5-12-7-16(10)6-11-14-8-17-15-11/h5,7-9,13H,1-4,6H2. The zero-order valence-corrected chi connectivity index (χ0v) is 9.54. The molecule has 0 spiro atoms. The lowest BCUT2D eigenvalue weighted by Gasteiger charge is -2.24. The first-order valence-corrected chi connectivity index (χ1v) is 5.92. The van der Waals surface area contributed by atoms with Gasteiger partial charge in [0, 0.05) is 12.2 Å². The van der Waals surface area contributed by atoms with Gasteiger partial charge in [-0.3, -0.25) is 0 Å². The van der Waals surface area contributed by atoms with E-state index >= 15 is 0 Å². The molecule has 1 aliphatic heterocycles. The van der Waals surface area contributed by atoms with Crippen molar-refractivity contribution in [2.75, 3.05) is 6.54 Å². The van der Waals surface area contributed by atoms with Crippen LogP contribution < -0.4 is 5.32 Å². The first-order chi connectivity index (χ1) is 8.43. The van der Waals surface area contributed by atoms with Gasteiger partial charge in [-0.2, -0.15) is 4.98 Å². The predicted molar refractivity (Wildman–Crippen MR) is 60.2 cm³/mol. The Balaban J connectivity index is 1.78. The molecule has 2 aromatic heterocycles. The second-order valence-corrected chi connectivity index (χ2v) is 4.30. The number of nitrogens with one attached hydrogen (secondary N) is 1. The smallest absolute Gasteiger partial charge is 0.213 e. The molecule has 1 atom stereocenters. The van der Waals surface area contributed by atoms with Crippen LogP contribution in [-0.2, 0) is 6.54 Å². The van der Waals surface area contributed by atoms with Gasteiger partial charge in [-0.25, -0.2) is 4.98 Å². The molecule has 0 radical (unpaired) electrons. The molecule has 1 saturated heterocycles. The molecule has 6 heteroatoms. The summed E-state index contributed by atoms with van der Waals surface area (Å²) in [6, 6.07) is 0.401. The van der Waals surface area contributed by atoms with Gasteiger partial charge in [0.1, 0.15) is 0 Å². The molecule has 0 aliphatic carbocycles. The molecule has 0 bridgehead atoms. The lowest BCUT2D eigenvalue weighted by Crippen LogP contribution is -2.28. The fourth-order valence-corrected chi connectivity index (χ4v) is 2.27. The largest absolute Gasteiger partial charge is 0.343 e. The van der Waals surface area contributed by atoms with Gasteiger partial charge in [0.05, 0.1) is 18.6 Å². The van der Waals surface area contributed by atoms with Gasteiger partial charge in [-0.1, -0.05) is 11.6 Å². The quantitative estimate of drug-likeness (QED) is 0.860. The Morgan fingerprint density at radius 1 is 1.47 bits per heavy atom. The molecule has 0 amide bonds. The molecule has 2 aromatic rings. The van der Waals surface area contributed by atoms with E-state index in [0.29, 0.717) is 18.4 Å². The molecule has 1 aliphatic rings. The molecule has 1 fully saturated rings. The van der Waals surface area contributed by atoms with Crippen LogP contribution >= 0.6 is 0 Å². The van der Waals surface area contributed by atoms with E-state index in [0.717, 1.165) is 13.0 Å². The van der Waals surface area contributed by atoms with Crippen LogP contribution in [-0.4, -0.2) is 26.2 Å². The van der Waals surface area contributed by atoms with Crippen LogP contribution in [0.15, 0.2) is 23.4 Å². The maximum Gasteiger partial charge on any atom is 0.213 e. The van der Waals surface area contributed by atoms with Crippen molar-refractivity contribution < 1.29 is 4.52 Å². The maximum atomic E-state index is 4.74. The number of rotatable bonds is 3. The summed E-state index contributed by atoms with van der Waals surface area (Å²) >= 11 is 0. The number of aromatic nitrogens is 4. The van der Waals surface area contributed by atoms with E-state index in [1.807, 2.05) is 12.5 Å². The van der Waals surface area contributed by atoms with E-state index in [9.17, 15) is 0 Å². The number of nitrogens with zero attached hydrogens (tertiary/aromatic N) is 4. The number of hydrogen-bond acceptors (Lipinski definition) is 5. The molecule has 17 heavy (non-hydrogen) atoms. The molecule has 6 nitrogen and oxygen atoms in total. The second kappa shape index (κ2) is 4.67. The van der Waals surface area contributed by atoms with Crippen molar-refractivity contribution in [1.29, 1.82) is 0 Å². The molecule has 3 heterocycles. The third kappa shape index (κ3) is 2.21. The topological polar surface area (TPSA) is 68.8 Å². The third-order valence-corrected chi connectivity index (χ3v) is 3.13. The molecule has 90 valence electrons. The van der Waals surface area contributed by atoms with Crippen LogP contribution in [0, 0.1) is 0 Å². The fourth-order valence-electron chi connectivity index (χ4n) is 2.27. The highest BCUT2D eigenvalue weighted by atomic mass is 16.5. The SMILES string of the molecule is c1nc(Cn2cncc2C2CCCCN2)no1. The fraction of sp³-hybridized carbons (Fsp3) is 0.545. The lowest BCUT2D eigenvalue weighted by atomic mass is 10.0. The molecule has 1 N–H and O–H groups in total. The van der Waals surface area contributed by atoms with Crippen LogP contribution in [0.5, 0.6) is 0 Å². The molecular weight excluding hydrogens is 218 g/mol. The average Bonchev–Trinajstić information content (AvgIpc) is 3.02. The highest BCUT2D eigenvalue weighted by Crippen LogP contribution is 2.22. The van der Waals surface area contributed by atoms with Gasteiger partial charge < -0.3 is 14.4 Å². The van der Waals surface area contributed by atoms with E-state index in [-0.39, 0.29) is 0 Å². The summed E-state index contributed by atoms with van der Waals surface area (Å²) in [6.45, 7) is 1.70. The van der Waals surface area contributed by atoms with Crippen molar-refractivity contribution in [3.63, 3.8) is 0 Å². The highest BCUT2D eigenvalue weighted by Gasteiger charge is 2.18. The Morgan fingerprint density at radius 3 is 3.24 bits per heavy atom. The van der Waals surface area contributed by atoms with Crippen molar-refractivity contribution >= 4 is 0 Å². The van der Waals surface area contributed by atoms with E-state index < -0.39 is 0 Å². The lowest BCUT2D eigenvalue weighted by molar-refractivity contribution is 0.390. The zero-order valence-electron chi connectivity index (χ0n) is 9.54. The number of imidazole rings is 1. The summed E-state index contributed by atoms with van der Waals surface area (Å²) in [5, 5.41) is 7.34. The van der Waals surface area contributed by atoms with Gasteiger partial charge in [-0.05, 0) is 19.4 Å². The third-order valence-electron chi connectivity index (χ3n) is 3.13. The highest BCUT2D eigenvalue weighted by molar-refractivity contribution is 5.07. The van der Waals surface area contributed by atoms with Crippen LogP contribution in [0.3, 0.4) is 0 Å². The minimum Gasteiger partial charge on any atom is -0.343 e. The normalized spacial score (nSPS) is 20.6. The number of piperidine rings is 1. The molecule has 0 saturated carbocycles. The Labute approximate surface area is 99.0 Å². The zero-order chi connectivity index (χ0) is 11.5. The van der Waals surface area contributed by atoms with Crippen LogP contribution in [0.2, 0.25) is 0 Å². The Hall–Kier alpha value is -1.69. The monoisotopic (exact) mass is 233 g/mol. The summed E-state index contributed by atoms with van der Waals surface area (Å²) in [6.07, 6.45) is 8.79. The van der Waals surface area contributed by atoms with Gasteiger partial charge in [0.15, 0.2) is 5.82 Å². The predicted octanol–water partition coefficient (Wildman–Crippen LogP) is 1.13.